The molecule has 0 saturated heterocycles. The van der Waals surface area contributed by atoms with Crippen molar-refractivity contribution in [3.63, 3.8) is 0 Å². The van der Waals surface area contributed by atoms with Crippen molar-refractivity contribution in [3.8, 4) is 0 Å². The van der Waals surface area contributed by atoms with Crippen LogP contribution in [0, 0.1) is 0 Å². The molecule has 0 aliphatic carbocycles. The van der Waals surface area contributed by atoms with Gasteiger partial charge in [-0.05, 0) is 0 Å². The molecule has 0 bridgehead atoms. The number of hydrogen-bond donors (Lipinski definition) is 4. The molecule has 0 unspecified atom stereocenters. The van der Waals surface area contributed by atoms with Crippen molar-refractivity contribution in [2.24, 2.45) is 5.73 Å². The summed E-state index contributed by atoms with van der Waals surface area (Å²) in [6.45, 7) is 0. The molecule has 0 radical (unpaired) electrons. The van der Waals surface area contributed by atoms with Gasteiger partial charge in [0.1, 0.15) is 6.04 Å². The van der Waals surface area contributed by atoms with Gasteiger partial charge in [-0.3, -0.25) is 4.79 Å². The van der Waals surface area contributed by atoms with Crippen molar-refractivity contribution < 1.29 is 10.0 Å². The van der Waals surface area contributed by atoms with Gasteiger partial charge in [-0.15, -0.1) is 0 Å². The largest absolute Gasteiger partial charge is 0.368 e. The van der Waals surface area contributed by atoms with Crippen molar-refractivity contribution in [2.45, 2.75) is 6.04 Å². The van der Waals surface area contributed by atoms with Gasteiger partial charge in [0.25, 0.3) is 0 Å². The van der Waals surface area contributed by atoms with Gasteiger partial charge in [-0.2, -0.15) is 18.1 Å². The summed E-state index contributed by atoms with van der Waals surface area (Å²) in [7, 11) is 0. The number of hydroxylamine groups is 1. The first-order chi connectivity index (χ1) is 3.72. The fraction of sp³-hybridized carbons (Fsp3) is 0.667. The Morgan fingerprint density at radius 3 is 2.50 bits per heavy atom. The predicted octanol–water partition coefficient (Wildman–Crippen LogP) is -1.25. The van der Waals surface area contributed by atoms with Crippen molar-refractivity contribution in [2.75, 3.05) is 5.75 Å². The number of carbonyl (C=O) groups excluding carboxylic acids is 1. The molecule has 1 atom stereocenters. The third kappa shape index (κ3) is 2.15. The molecule has 4 N–H and O–H groups in total. The lowest BCUT2D eigenvalue weighted by molar-refractivity contribution is -0.121. The van der Waals surface area contributed by atoms with E-state index < -0.39 is 11.9 Å². The average molecular weight is 136 g/mol. The molecule has 4 nitrogen and oxygen atoms in total. The molecule has 0 aliphatic heterocycles. The second kappa shape index (κ2) is 3.71. The molecule has 0 spiro atoms. The molecule has 0 heterocycles. The number of amides is 1. The lowest BCUT2D eigenvalue weighted by Gasteiger charge is -2.04. The van der Waals surface area contributed by atoms with Gasteiger partial charge in [0.05, 0.1) is 0 Å². The minimum Gasteiger partial charge on any atom is -0.368 e. The lowest BCUT2D eigenvalue weighted by Crippen LogP contribution is -2.40. The highest BCUT2D eigenvalue weighted by Crippen LogP contribution is 1.82. The number of nitrogens with one attached hydrogen (secondary N) is 1. The van der Waals surface area contributed by atoms with E-state index >= 15 is 0 Å². The molecule has 48 valence electrons. The van der Waals surface area contributed by atoms with E-state index in [0.29, 0.717) is 0 Å². The third-order valence-electron chi connectivity index (χ3n) is 0.682. The third-order valence-corrected chi connectivity index (χ3v) is 1.05. The molecule has 5 heteroatoms. The first-order valence-corrected chi connectivity index (χ1v) is 2.65. The van der Waals surface area contributed by atoms with Crippen LogP contribution in [0.15, 0.2) is 0 Å². The smallest absolute Gasteiger partial charge is 0.237 e. The summed E-state index contributed by atoms with van der Waals surface area (Å²) >= 11 is 3.71. The molecule has 0 saturated carbocycles. The summed E-state index contributed by atoms with van der Waals surface area (Å²) < 4.78 is 0. The fourth-order valence-electron chi connectivity index (χ4n) is 0.194. The van der Waals surface area contributed by atoms with Crippen LogP contribution < -0.4 is 11.2 Å². The van der Waals surface area contributed by atoms with Gasteiger partial charge in [0.15, 0.2) is 0 Å². The van der Waals surface area contributed by atoms with E-state index in [9.17, 15) is 4.79 Å². The number of hydrogen-bond acceptors (Lipinski definition) is 4. The van der Waals surface area contributed by atoms with E-state index in [-0.39, 0.29) is 5.75 Å². The van der Waals surface area contributed by atoms with Crippen LogP contribution in [-0.4, -0.2) is 22.9 Å². The molecule has 8 heavy (non-hydrogen) atoms. The first kappa shape index (κ1) is 7.74. The number of rotatable bonds is 3. The van der Waals surface area contributed by atoms with Crippen LogP contribution in [0.25, 0.3) is 0 Å². The van der Waals surface area contributed by atoms with E-state index in [1.54, 1.807) is 5.48 Å². The number of thiol groups is 1. The minimum atomic E-state index is -0.738. The van der Waals surface area contributed by atoms with Crippen molar-refractivity contribution >= 4 is 18.5 Å². The topological polar surface area (TPSA) is 75.4 Å². The van der Waals surface area contributed by atoms with Crippen LogP contribution in [-0.2, 0) is 4.79 Å². The quantitative estimate of drug-likeness (QED) is 0.289. The number of nitrogens with two attached hydrogens (primary N) is 1. The second-order valence-corrected chi connectivity index (χ2v) is 1.63. The molecule has 0 aromatic carbocycles. The van der Waals surface area contributed by atoms with Gasteiger partial charge in [-0.25, -0.2) is 0 Å². The maximum atomic E-state index is 10.1. The fourth-order valence-corrected chi connectivity index (χ4v) is 0.456. The van der Waals surface area contributed by atoms with Crippen LogP contribution in [0.4, 0.5) is 0 Å². The molecular formula is C3H8N2O2S. The summed E-state index contributed by atoms with van der Waals surface area (Å²) in [6.07, 6.45) is 0. The van der Waals surface area contributed by atoms with Crippen LogP contribution in [0.5, 0.6) is 0 Å². The number of primary amides is 1. The Hall–Kier alpha value is -0.260. The maximum Gasteiger partial charge on any atom is 0.237 e. The summed E-state index contributed by atoms with van der Waals surface area (Å²) in [5, 5.41) is 8.10. The molecule has 0 aromatic rings. The summed E-state index contributed by atoms with van der Waals surface area (Å²) in [5.74, 6) is -0.409. The Morgan fingerprint density at radius 2 is 2.50 bits per heavy atom. The van der Waals surface area contributed by atoms with E-state index in [4.69, 9.17) is 10.9 Å². The Morgan fingerprint density at radius 1 is 2.00 bits per heavy atom. The Labute approximate surface area is 52.4 Å². The zero-order valence-corrected chi connectivity index (χ0v) is 5.06. The molecule has 0 fully saturated rings. The van der Waals surface area contributed by atoms with Gasteiger partial charge in [0.2, 0.25) is 5.91 Å². The highest BCUT2D eigenvalue weighted by atomic mass is 32.1. The van der Waals surface area contributed by atoms with Crippen molar-refractivity contribution in [3.05, 3.63) is 0 Å². The zero-order valence-electron chi connectivity index (χ0n) is 4.16. The molecular weight excluding hydrogens is 128 g/mol. The summed E-state index contributed by atoms with van der Waals surface area (Å²) in [4.78, 5) is 10.1. The van der Waals surface area contributed by atoms with Gasteiger partial charge < -0.3 is 10.9 Å². The second-order valence-electron chi connectivity index (χ2n) is 1.27. The Kier molecular flexibility index (Phi) is 3.59. The van der Waals surface area contributed by atoms with E-state index in [1.165, 1.54) is 0 Å². The summed E-state index contributed by atoms with van der Waals surface area (Å²) in [6, 6.07) is -0.738. The van der Waals surface area contributed by atoms with Gasteiger partial charge >= 0.3 is 0 Å². The Balaban J connectivity index is 3.52. The van der Waals surface area contributed by atoms with E-state index in [1.807, 2.05) is 0 Å². The minimum absolute atomic E-state index is 0.200. The standard InChI is InChI=1S/C3H8N2O2S/c4-3(6)2(1-8)5-7/h2,5,7-8H,1H2,(H2,4,6)/t2-/m0/s1. The molecule has 1 amide bonds. The average Bonchev–Trinajstić information content (AvgIpc) is 1.69. The zero-order chi connectivity index (χ0) is 6.57. The van der Waals surface area contributed by atoms with Crippen LogP contribution >= 0.6 is 12.6 Å². The first-order valence-electron chi connectivity index (χ1n) is 2.02. The van der Waals surface area contributed by atoms with Crippen LogP contribution in [0.1, 0.15) is 0 Å². The highest BCUT2D eigenvalue weighted by Gasteiger charge is 2.09. The van der Waals surface area contributed by atoms with Crippen LogP contribution in [0.2, 0.25) is 0 Å². The summed E-state index contributed by atoms with van der Waals surface area (Å²) in [5.41, 5.74) is 6.45. The van der Waals surface area contributed by atoms with Gasteiger partial charge in [0, 0.05) is 5.75 Å². The SMILES string of the molecule is NC(=O)[C@H](CS)NO. The Bertz CT molecular complexity index is 83.4. The predicted molar refractivity (Wildman–Crippen MR) is 31.8 cm³/mol. The molecule has 0 rings (SSSR count). The normalized spacial score (nSPS) is 13.2. The maximum absolute atomic E-state index is 10.1. The van der Waals surface area contributed by atoms with Crippen molar-refractivity contribution in [1.29, 1.82) is 0 Å². The van der Waals surface area contributed by atoms with Crippen molar-refractivity contribution in [1.82, 2.24) is 5.48 Å². The van der Waals surface area contributed by atoms with Crippen LogP contribution in [0.3, 0.4) is 0 Å². The molecule has 0 aromatic heterocycles. The number of carbonyl (C=O) groups is 1. The molecule has 0 aliphatic rings. The highest BCUT2D eigenvalue weighted by molar-refractivity contribution is 7.80. The monoisotopic (exact) mass is 136 g/mol. The lowest BCUT2D eigenvalue weighted by atomic mass is 10.3. The van der Waals surface area contributed by atoms with E-state index in [2.05, 4.69) is 12.6 Å². The van der Waals surface area contributed by atoms with Gasteiger partial charge in [-0.1, -0.05) is 0 Å². The van der Waals surface area contributed by atoms with E-state index in [0.717, 1.165) is 0 Å².